The number of aromatic amines is 1. The number of amides is 1. The number of ether oxygens (including phenoxy) is 2. The standard InChI is InChI=1S/C26H28N4O5S/c1-16-4-3-5-18(27-16)22-21(17-6-7-19-20(14-17)35-15-34-19)28-23(29-22)25-8-11-26(12-9-25,13-10-25)24(31)30-36(2,32)33/h3-7,14H,8-13,15H2,1-2H3,(H,28,29)(H,30,31). The maximum atomic E-state index is 12.8. The van der Waals surface area contributed by atoms with Gasteiger partial charge in [0.2, 0.25) is 22.7 Å². The Morgan fingerprint density at radius 3 is 2.42 bits per heavy atom. The number of pyridine rings is 1. The second-order valence-corrected chi connectivity index (χ2v) is 12.1. The fraction of sp³-hybridized carbons (Fsp3) is 0.423. The van der Waals surface area contributed by atoms with Crippen molar-refractivity contribution >= 4 is 15.9 Å². The number of hydrogen-bond acceptors (Lipinski definition) is 7. The first-order chi connectivity index (χ1) is 17.2. The monoisotopic (exact) mass is 508 g/mol. The Bertz CT molecular complexity index is 1450. The predicted octanol–water partition coefficient (Wildman–Crippen LogP) is 3.84. The van der Waals surface area contributed by atoms with Crippen molar-refractivity contribution in [1.29, 1.82) is 0 Å². The van der Waals surface area contributed by atoms with Gasteiger partial charge in [-0.1, -0.05) is 6.07 Å². The topological polar surface area (TPSA) is 123 Å². The third-order valence-electron chi connectivity index (χ3n) is 8.00. The summed E-state index contributed by atoms with van der Waals surface area (Å²) in [5.74, 6) is 1.93. The number of imidazole rings is 1. The van der Waals surface area contributed by atoms with Gasteiger partial charge in [-0.25, -0.2) is 13.4 Å². The average Bonchev–Trinajstić information content (AvgIpc) is 3.51. The molecule has 7 rings (SSSR count). The van der Waals surface area contributed by atoms with E-state index in [1.807, 2.05) is 43.3 Å². The molecule has 2 bridgehead atoms. The van der Waals surface area contributed by atoms with Gasteiger partial charge in [0.05, 0.1) is 28.8 Å². The number of aromatic nitrogens is 3. The lowest BCUT2D eigenvalue weighted by Crippen LogP contribution is -2.52. The molecule has 1 aliphatic heterocycles. The van der Waals surface area contributed by atoms with Crippen molar-refractivity contribution in [3.63, 3.8) is 0 Å². The van der Waals surface area contributed by atoms with Crippen LogP contribution in [0.25, 0.3) is 22.6 Å². The summed E-state index contributed by atoms with van der Waals surface area (Å²) in [7, 11) is -3.59. The molecular weight excluding hydrogens is 480 g/mol. The van der Waals surface area contributed by atoms with E-state index in [0.717, 1.165) is 59.7 Å². The van der Waals surface area contributed by atoms with E-state index in [4.69, 9.17) is 19.4 Å². The van der Waals surface area contributed by atoms with Crippen molar-refractivity contribution in [2.24, 2.45) is 5.41 Å². The van der Waals surface area contributed by atoms with Crippen LogP contribution in [0.3, 0.4) is 0 Å². The van der Waals surface area contributed by atoms with Gasteiger partial charge in [-0.05, 0) is 75.8 Å². The van der Waals surface area contributed by atoms with Crippen molar-refractivity contribution in [1.82, 2.24) is 19.7 Å². The zero-order chi connectivity index (χ0) is 25.1. The highest BCUT2D eigenvalue weighted by Gasteiger charge is 2.54. The number of aryl methyl sites for hydroxylation is 1. The molecule has 3 aromatic rings. The lowest BCUT2D eigenvalue weighted by molar-refractivity contribution is -0.136. The zero-order valence-electron chi connectivity index (χ0n) is 20.3. The van der Waals surface area contributed by atoms with E-state index in [1.54, 1.807) is 0 Å². The Morgan fingerprint density at radius 2 is 1.72 bits per heavy atom. The Morgan fingerprint density at radius 1 is 1.00 bits per heavy atom. The third-order valence-corrected chi connectivity index (χ3v) is 8.56. The second-order valence-electron chi connectivity index (χ2n) is 10.3. The van der Waals surface area contributed by atoms with Crippen LogP contribution in [0.5, 0.6) is 11.5 Å². The highest BCUT2D eigenvalue weighted by molar-refractivity contribution is 7.89. The van der Waals surface area contributed by atoms with E-state index in [-0.39, 0.29) is 18.1 Å². The maximum Gasteiger partial charge on any atom is 0.239 e. The normalized spacial score (nSPS) is 24.6. The first-order valence-corrected chi connectivity index (χ1v) is 14.0. The summed E-state index contributed by atoms with van der Waals surface area (Å²) in [6, 6.07) is 11.7. The molecule has 1 aromatic carbocycles. The van der Waals surface area contributed by atoms with Gasteiger partial charge in [0, 0.05) is 16.7 Å². The van der Waals surface area contributed by atoms with E-state index in [0.29, 0.717) is 30.8 Å². The van der Waals surface area contributed by atoms with Crippen LogP contribution in [0.1, 0.15) is 50.0 Å². The summed E-state index contributed by atoms with van der Waals surface area (Å²) in [6.45, 7) is 2.16. The first kappa shape index (κ1) is 23.0. The van der Waals surface area contributed by atoms with Gasteiger partial charge in [0.1, 0.15) is 5.82 Å². The van der Waals surface area contributed by atoms with Gasteiger partial charge in [-0.3, -0.25) is 14.5 Å². The number of benzene rings is 1. The number of nitrogens with one attached hydrogen (secondary N) is 2. The molecule has 0 radical (unpaired) electrons. The molecule has 10 heteroatoms. The van der Waals surface area contributed by atoms with Crippen molar-refractivity contribution in [2.75, 3.05) is 13.0 Å². The number of sulfonamides is 1. The number of hydrogen-bond donors (Lipinski definition) is 2. The van der Waals surface area contributed by atoms with Crippen LogP contribution in [-0.2, 0) is 20.2 Å². The number of carbonyl (C=O) groups is 1. The van der Waals surface area contributed by atoms with E-state index in [9.17, 15) is 13.2 Å². The minimum absolute atomic E-state index is 0.194. The molecule has 1 amide bonds. The van der Waals surface area contributed by atoms with Crippen LogP contribution < -0.4 is 14.2 Å². The highest BCUT2D eigenvalue weighted by atomic mass is 32.2. The van der Waals surface area contributed by atoms with Crippen molar-refractivity contribution in [2.45, 2.75) is 50.9 Å². The molecule has 3 heterocycles. The predicted molar refractivity (Wildman–Crippen MR) is 133 cm³/mol. The van der Waals surface area contributed by atoms with Crippen molar-refractivity contribution in [3.05, 3.63) is 47.9 Å². The van der Waals surface area contributed by atoms with E-state index in [1.165, 1.54) is 0 Å². The molecule has 2 N–H and O–H groups in total. The van der Waals surface area contributed by atoms with Crippen LogP contribution in [-0.4, -0.2) is 42.3 Å². The summed E-state index contributed by atoms with van der Waals surface area (Å²) in [5.41, 5.74) is 3.46. The Labute approximate surface area is 209 Å². The van der Waals surface area contributed by atoms with Crippen LogP contribution in [0, 0.1) is 12.3 Å². The maximum absolute atomic E-state index is 12.8. The Balaban J connectivity index is 1.38. The molecule has 0 atom stereocenters. The fourth-order valence-corrected chi connectivity index (χ4v) is 6.46. The quantitative estimate of drug-likeness (QED) is 0.537. The highest BCUT2D eigenvalue weighted by Crippen LogP contribution is 2.58. The van der Waals surface area contributed by atoms with E-state index < -0.39 is 15.4 Å². The summed E-state index contributed by atoms with van der Waals surface area (Å²) >= 11 is 0. The van der Waals surface area contributed by atoms with Crippen LogP contribution >= 0.6 is 0 Å². The minimum atomic E-state index is -3.59. The molecule has 188 valence electrons. The van der Waals surface area contributed by atoms with Crippen molar-refractivity contribution < 1.29 is 22.7 Å². The molecular formula is C26H28N4O5S. The summed E-state index contributed by atoms with van der Waals surface area (Å²) in [5, 5.41) is 0. The minimum Gasteiger partial charge on any atom is -0.454 e. The summed E-state index contributed by atoms with van der Waals surface area (Å²) < 4.78 is 36.7. The van der Waals surface area contributed by atoms with Gasteiger partial charge in [0.15, 0.2) is 11.5 Å². The Kier molecular flexibility index (Phi) is 5.15. The number of nitrogens with zero attached hydrogens (tertiary/aromatic N) is 2. The number of H-pyrrole nitrogens is 1. The zero-order valence-corrected chi connectivity index (χ0v) is 21.1. The van der Waals surface area contributed by atoms with E-state index >= 15 is 0 Å². The molecule has 36 heavy (non-hydrogen) atoms. The molecule has 4 aliphatic rings. The summed E-state index contributed by atoms with van der Waals surface area (Å²) in [4.78, 5) is 26.3. The average molecular weight is 509 g/mol. The van der Waals surface area contributed by atoms with E-state index in [2.05, 4.69) is 9.71 Å². The number of carbonyl (C=O) groups excluding carboxylic acids is 1. The molecule has 0 unspecified atom stereocenters. The van der Waals surface area contributed by atoms with Gasteiger partial charge >= 0.3 is 0 Å². The van der Waals surface area contributed by atoms with Gasteiger partial charge in [0.25, 0.3) is 0 Å². The van der Waals surface area contributed by atoms with Gasteiger partial charge < -0.3 is 14.5 Å². The number of fused-ring (bicyclic) bond motifs is 4. The van der Waals surface area contributed by atoms with Crippen LogP contribution in [0.15, 0.2) is 36.4 Å². The SMILES string of the molecule is Cc1cccc(-c2[nH]c(C34CCC(C(=O)NS(C)(=O)=O)(CC3)CC4)nc2-c2ccc3c(c2)OCO3)n1. The fourth-order valence-electron chi connectivity index (χ4n) is 5.90. The first-order valence-electron chi connectivity index (χ1n) is 12.1. The molecule has 3 aliphatic carbocycles. The Hall–Kier alpha value is -3.40. The molecule has 9 nitrogen and oxygen atoms in total. The van der Waals surface area contributed by atoms with Crippen LogP contribution in [0.2, 0.25) is 0 Å². The smallest absolute Gasteiger partial charge is 0.239 e. The lowest BCUT2D eigenvalue weighted by Gasteiger charge is -2.51. The lowest BCUT2D eigenvalue weighted by atomic mass is 9.53. The third kappa shape index (κ3) is 3.84. The molecule has 3 fully saturated rings. The number of rotatable bonds is 5. The van der Waals surface area contributed by atoms with Gasteiger partial charge in [-0.2, -0.15) is 0 Å². The molecule has 3 saturated carbocycles. The second kappa shape index (κ2) is 8.06. The largest absolute Gasteiger partial charge is 0.454 e. The molecule has 0 saturated heterocycles. The molecule has 2 aromatic heterocycles. The van der Waals surface area contributed by atoms with Crippen molar-refractivity contribution in [3.8, 4) is 34.1 Å². The van der Waals surface area contributed by atoms with Crippen LogP contribution in [0.4, 0.5) is 0 Å². The van der Waals surface area contributed by atoms with Gasteiger partial charge in [-0.15, -0.1) is 0 Å². The summed E-state index contributed by atoms with van der Waals surface area (Å²) in [6.07, 6.45) is 5.21. The molecule has 0 spiro atoms.